The molecule has 0 amide bonds. The molecule has 0 radical (unpaired) electrons. The monoisotopic (exact) mass is 730 g/mol. The average molecular weight is 731 g/mol. The first-order valence-electron chi connectivity index (χ1n) is 14.4. The molecule has 51 heavy (non-hydrogen) atoms. The Hall–Kier alpha value is -5.54. The molecule has 0 saturated heterocycles. The molecule has 4 nitrogen and oxygen atoms in total. The lowest BCUT2D eigenvalue weighted by Gasteiger charge is -2.38. The molecular formula is C35H22F12N2O2. The molecule has 0 aliphatic heterocycles. The summed E-state index contributed by atoms with van der Waals surface area (Å²) < 4.78 is 180. The van der Waals surface area contributed by atoms with E-state index in [1.807, 2.05) is 0 Å². The van der Waals surface area contributed by atoms with E-state index in [9.17, 15) is 39.5 Å². The number of alkyl halides is 12. The van der Waals surface area contributed by atoms with Gasteiger partial charge in [-0.05, 0) is 83.4 Å². The summed E-state index contributed by atoms with van der Waals surface area (Å²) in [5.41, 5.74) is 0.838. The third-order valence-corrected chi connectivity index (χ3v) is 7.70. The van der Waals surface area contributed by atoms with Crippen molar-refractivity contribution in [3.63, 3.8) is 0 Å². The van der Waals surface area contributed by atoms with Crippen LogP contribution in [0.5, 0.6) is 23.0 Å². The fourth-order valence-electron chi connectivity index (χ4n) is 5.44. The first-order valence-corrected chi connectivity index (χ1v) is 14.4. The van der Waals surface area contributed by atoms with Gasteiger partial charge < -0.3 is 20.9 Å². The lowest BCUT2D eigenvalue weighted by atomic mass is 9.68. The van der Waals surface area contributed by atoms with Crippen LogP contribution in [0.1, 0.15) is 33.4 Å². The summed E-state index contributed by atoms with van der Waals surface area (Å²) >= 11 is 0. The van der Waals surface area contributed by atoms with Gasteiger partial charge in [0.15, 0.2) is 0 Å². The van der Waals surface area contributed by atoms with E-state index in [4.69, 9.17) is 20.9 Å². The summed E-state index contributed by atoms with van der Waals surface area (Å²) in [5, 5.41) is 0. The summed E-state index contributed by atoms with van der Waals surface area (Å²) in [6.07, 6.45) is -20.3. The molecule has 5 rings (SSSR count). The van der Waals surface area contributed by atoms with Crippen molar-refractivity contribution >= 4 is 11.4 Å². The van der Waals surface area contributed by atoms with Crippen LogP contribution in [0.3, 0.4) is 0 Å². The van der Waals surface area contributed by atoms with E-state index in [0.717, 1.165) is 84.9 Å². The summed E-state index contributed by atoms with van der Waals surface area (Å²) in [5.74, 6) is -2.17. The Morgan fingerprint density at radius 2 is 0.784 bits per heavy atom. The quantitative estimate of drug-likeness (QED) is 0.0994. The molecule has 0 heterocycles. The third kappa shape index (κ3) is 7.49. The molecule has 0 aliphatic carbocycles. The fourth-order valence-corrected chi connectivity index (χ4v) is 5.44. The van der Waals surface area contributed by atoms with Gasteiger partial charge in [0.2, 0.25) is 0 Å². The maximum atomic E-state index is 15.6. The number of halogens is 12. The van der Waals surface area contributed by atoms with Crippen LogP contribution >= 0.6 is 0 Å². The molecule has 0 fully saturated rings. The van der Waals surface area contributed by atoms with Crippen molar-refractivity contribution in [3.05, 3.63) is 143 Å². The van der Waals surface area contributed by atoms with Crippen LogP contribution in [0.2, 0.25) is 0 Å². The van der Waals surface area contributed by atoms with Gasteiger partial charge in [-0.25, -0.2) is 0 Å². The maximum Gasteiger partial charge on any atom is 0.420 e. The molecule has 0 unspecified atom stereocenters. The van der Waals surface area contributed by atoms with E-state index in [1.54, 1.807) is 0 Å². The van der Waals surface area contributed by atoms with Gasteiger partial charge in [0.05, 0.1) is 5.56 Å². The van der Waals surface area contributed by atoms with Crippen molar-refractivity contribution in [2.75, 3.05) is 11.5 Å². The van der Waals surface area contributed by atoms with Crippen LogP contribution in [0.4, 0.5) is 64.1 Å². The Morgan fingerprint density at radius 1 is 0.392 bits per heavy atom. The lowest BCUT2D eigenvalue weighted by Crippen LogP contribution is -2.44. The van der Waals surface area contributed by atoms with Gasteiger partial charge in [-0.2, -0.15) is 52.7 Å². The minimum atomic E-state index is -5.40. The van der Waals surface area contributed by atoms with E-state index in [0.29, 0.717) is 24.3 Å². The molecule has 5 aromatic rings. The first kappa shape index (κ1) is 36.7. The normalized spacial score (nSPS) is 12.9. The zero-order valence-electron chi connectivity index (χ0n) is 25.4. The zero-order chi connectivity index (χ0) is 37.6. The topological polar surface area (TPSA) is 70.5 Å². The second-order valence-corrected chi connectivity index (χ2v) is 11.1. The smallest absolute Gasteiger partial charge is 0.420 e. The van der Waals surface area contributed by atoms with Crippen LogP contribution in [0.15, 0.2) is 109 Å². The minimum Gasteiger partial charge on any atom is -0.457 e. The highest BCUT2D eigenvalue weighted by Crippen LogP contribution is 2.53. The Balaban J connectivity index is 1.64. The second kappa shape index (κ2) is 13.0. The molecular weight excluding hydrogens is 708 g/mol. The molecule has 0 aliphatic rings. The highest BCUT2D eigenvalue weighted by molar-refractivity contribution is 5.57. The number of rotatable bonds is 7. The van der Waals surface area contributed by atoms with Gasteiger partial charge in [0.25, 0.3) is 0 Å². The standard InChI is InChI=1S/C35H22F12N2O2/c36-32(37,38)22-3-1-2-21(16-22)31(35(45,46)47,19-4-10-25(11-5-19)50-29-14-8-23(48)17-27(29)33(39,40)41)20-6-12-26(13-7-20)51-30-15-9-24(49)18-28(30)34(42,43)44/h1-18H,48-49H2. The number of hydrogen-bond donors (Lipinski definition) is 2. The number of ether oxygens (including phenoxy) is 2. The summed E-state index contributed by atoms with van der Waals surface area (Å²) in [7, 11) is 0. The van der Waals surface area contributed by atoms with Gasteiger partial charge in [-0.15, -0.1) is 0 Å². The van der Waals surface area contributed by atoms with Crippen molar-refractivity contribution in [2.45, 2.75) is 30.1 Å². The molecule has 16 heteroatoms. The van der Waals surface area contributed by atoms with Crippen LogP contribution in [0, 0.1) is 0 Å². The maximum absolute atomic E-state index is 15.6. The van der Waals surface area contributed by atoms with Crippen molar-refractivity contribution < 1.29 is 62.2 Å². The van der Waals surface area contributed by atoms with Crippen molar-refractivity contribution in [2.24, 2.45) is 0 Å². The Labute approximate surface area is 280 Å². The predicted octanol–water partition coefficient (Wildman–Crippen LogP) is 11.4. The molecule has 0 spiro atoms. The summed E-state index contributed by atoms with van der Waals surface area (Å²) in [4.78, 5) is 0. The van der Waals surface area contributed by atoms with Crippen molar-refractivity contribution in [1.29, 1.82) is 0 Å². The average Bonchev–Trinajstić information content (AvgIpc) is 3.03. The van der Waals surface area contributed by atoms with Gasteiger partial charge in [-0.3, -0.25) is 0 Å². The van der Waals surface area contributed by atoms with E-state index >= 15 is 13.2 Å². The fraction of sp³-hybridized carbons (Fsp3) is 0.143. The van der Waals surface area contributed by atoms with E-state index < -0.39 is 75.0 Å². The van der Waals surface area contributed by atoms with E-state index in [1.165, 1.54) is 0 Å². The molecule has 4 N–H and O–H groups in total. The van der Waals surface area contributed by atoms with Crippen LogP contribution in [0.25, 0.3) is 0 Å². The van der Waals surface area contributed by atoms with E-state index in [-0.39, 0.29) is 22.9 Å². The summed E-state index contributed by atoms with van der Waals surface area (Å²) in [6, 6.07) is 14.5. The van der Waals surface area contributed by atoms with Gasteiger partial charge in [0, 0.05) is 11.4 Å². The molecule has 5 aromatic carbocycles. The molecule has 0 bridgehead atoms. The van der Waals surface area contributed by atoms with Crippen LogP contribution in [-0.4, -0.2) is 6.18 Å². The lowest BCUT2D eigenvalue weighted by molar-refractivity contribution is -0.167. The van der Waals surface area contributed by atoms with Gasteiger partial charge in [0.1, 0.15) is 39.5 Å². The molecule has 0 aromatic heterocycles. The number of benzene rings is 5. The molecule has 268 valence electrons. The number of hydrogen-bond acceptors (Lipinski definition) is 4. The third-order valence-electron chi connectivity index (χ3n) is 7.70. The highest BCUT2D eigenvalue weighted by atomic mass is 19.4. The minimum absolute atomic E-state index is 0.244. The van der Waals surface area contributed by atoms with Crippen molar-refractivity contribution in [3.8, 4) is 23.0 Å². The van der Waals surface area contributed by atoms with Crippen molar-refractivity contribution in [1.82, 2.24) is 0 Å². The van der Waals surface area contributed by atoms with Gasteiger partial charge >= 0.3 is 24.7 Å². The summed E-state index contributed by atoms with van der Waals surface area (Å²) in [6.45, 7) is 0. The van der Waals surface area contributed by atoms with Crippen LogP contribution < -0.4 is 20.9 Å². The number of nitrogens with two attached hydrogens (primary N) is 2. The second-order valence-electron chi connectivity index (χ2n) is 11.1. The number of anilines is 2. The molecule has 0 saturated carbocycles. The highest BCUT2D eigenvalue weighted by Gasteiger charge is 2.58. The van der Waals surface area contributed by atoms with Crippen LogP contribution in [-0.2, 0) is 23.9 Å². The molecule has 0 atom stereocenters. The first-order chi connectivity index (χ1) is 23.6. The van der Waals surface area contributed by atoms with Gasteiger partial charge in [-0.1, -0.05) is 42.5 Å². The largest absolute Gasteiger partial charge is 0.457 e. The van der Waals surface area contributed by atoms with E-state index in [2.05, 4.69) is 0 Å². The SMILES string of the molecule is Nc1ccc(Oc2ccc(C(c3ccc(Oc4ccc(N)cc4C(F)(F)F)cc3)(c3cccc(C(F)(F)F)c3)C(F)(F)F)cc2)c(C(F)(F)F)c1. The predicted molar refractivity (Wildman–Crippen MR) is 162 cm³/mol. The number of nitrogen functional groups attached to an aromatic ring is 2. The zero-order valence-corrected chi connectivity index (χ0v) is 25.4. The Morgan fingerprint density at radius 3 is 1.14 bits per heavy atom. The Kier molecular flexibility index (Phi) is 9.34. The Bertz CT molecular complexity index is 1910.